The number of hydrogen-bond donors (Lipinski definition) is 1. The Labute approximate surface area is 115 Å². The van der Waals surface area contributed by atoms with Crippen molar-refractivity contribution < 1.29 is 9.72 Å². The molecule has 2 rings (SSSR count). The van der Waals surface area contributed by atoms with Gasteiger partial charge in [-0.3, -0.25) is 20.2 Å². The van der Waals surface area contributed by atoms with E-state index >= 15 is 0 Å². The third kappa shape index (κ3) is 3.07. The molecule has 2 aromatic rings. The molecule has 0 fully saturated rings. The molecule has 0 radical (unpaired) electrons. The number of nitrogens with zero attached hydrogens (tertiary/aromatic N) is 4. The maximum atomic E-state index is 11.8. The Balaban J connectivity index is 2.25. The number of anilines is 1. The molecule has 1 aromatic heterocycles. The number of nitrogens with one attached hydrogen (secondary N) is 1. The normalized spacial score (nSPS) is 9.95. The van der Waals surface area contributed by atoms with E-state index in [0.717, 1.165) is 6.07 Å². The van der Waals surface area contributed by atoms with Crippen LogP contribution in [0.2, 0.25) is 0 Å². The minimum absolute atomic E-state index is 0.0260. The van der Waals surface area contributed by atoms with Gasteiger partial charge in [-0.05, 0) is 28.1 Å². The summed E-state index contributed by atoms with van der Waals surface area (Å²) >= 11 is 3.04. The maximum absolute atomic E-state index is 11.8. The van der Waals surface area contributed by atoms with Gasteiger partial charge in [0.2, 0.25) is 5.95 Å². The molecule has 9 heteroatoms. The zero-order valence-corrected chi connectivity index (χ0v) is 10.9. The van der Waals surface area contributed by atoms with Crippen LogP contribution < -0.4 is 5.32 Å². The van der Waals surface area contributed by atoms with Gasteiger partial charge in [-0.1, -0.05) is 0 Å². The van der Waals surface area contributed by atoms with E-state index in [0.29, 0.717) is 4.47 Å². The summed E-state index contributed by atoms with van der Waals surface area (Å²) in [4.78, 5) is 25.8. The molecule has 0 spiro atoms. The highest BCUT2D eigenvalue weighted by atomic mass is 79.9. The van der Waals surface area contributed by atoms with Crippen LogP contribution in [0.4, 0.5) is 11.6 Å². The van der Waals surface area contributed by atoms with Crippen molar-refractivity contribution >= 4 is 33.5 Å². The number of rotatable bonds is 3. The standard InChI is InChI=1S/C10H6BrN5O3/c11-7-2-1-6(5-8(7)16(18)19)9(17)14-10-12-3-4-13-15-10/h1-5H,(H,12,14,15,17). The number of halogens is 1. The minimum atomic E-state index is -0.582. The van der Waals surface area contributed by atoms with E-state index in [1.165, 1.54) is 24.5 Å². The van der Waals surface area contributed by atoms with E-state index in [-0.39, 0.29) is 17.2 Å². The van der Waals surface area contributed by atoms with Crippen LogP contribution in [0, 0.1) is 10.1 Å². The summed E-state index contributed by atoms with van der Waals surface area (Å²) in [6.45, 7) is 0. The number of hydrogen-bond acceptors (Lipinski definition) is 6. The lowest BCUT2D eigenvalue weighted by Crippen LogP contribution is -2.14. The smallest absolute Gasteiger partial charge is 0.284 e. The van der Waals surface area contributed by atoms with Gasteiger partial charge >= 0.3 is 0 Å². The van der Waals surface area contributed by atoms with Gasteiger partial charge in [-0.2, -0.15) is 5.10 Å². The van der Waals surface area contributed by atoms with Crippen molar-refractivity contribution in [3.8, 4) is 0 Å². The molecule has 19 heavy (non-hydrogen) atoms. The van der Waals surface area contributed by atoms with Crippen molar-refractivity contribution in [2.45, 2.75) is 0 Å². The summed E-state index contributed by atoms with van der Waals surface area (Å²) in [6.07, 6.45) is 2.73. The lowest BCUT2D eigenvalue weighted by molar-refractivity contribution is -0.385. The van der Waals surface area contributed by atoms with Gasteiger partial charge in [0.15, 0.2) is 0 Å². The predicted molar refractivity (Wildman–Crippen MR) is 68.6 cm³/mol. The highest BCUT2D eigenvalue weighted by molar-refractivity contribution is 9.10. The second-order valence-electron chi connectivity index (χ2n) is 3.34. The zero-order chi connectivity index (χ0) is 13.8. The van der Waals surface area contributed by atoms with Crippen molar-refractivity contribution in [1.29, 1.82) is 0 Å². The molecule has 0 bridgehead atoms. The minimum Gasteiger partial charge on any atom is -0.289 e. The monoisotopic (exact) mass is 323 g/mol. The summed E-state index contributed by atoms with van der Waals surface area (Å²) in [7, 11) is 0. The Bertz CT molecular complexity index is 634. The van der Waals surface area contributed by atoms with Gasteiger partial charge in [-0.15, -0.1) is 5.10 Å². The van der Waals surface area contributed by atoms with Gasteiger partial charge in [0.05, 0.1) is 21.8 Å². The van der Waals surface area contributed by atoms with Crippen LogP contribution in [0.15, 0.2) is 35.1 Å². The van der Waals surface area contributed by atoms with Gasteiger partial charge in [0.25, 0.3) is 11.6 Å². The first-order valence-corrected chi connectivity index (χ1v) is 5.76. The van der Waals surface area contributed by atoms with E-state index < -0.39 is 10.8 Å². The number of carbonyl (C=O) groups excluding carboxylic acids is 1. The van der Waals surface area contributed by atoms with Gasteiger partial charge in [0.1, 0.15) is 0 Å². The van der Waals surface area contributed by atoms with E-state index in [1.54, 1.807) is 0 Å². The van der Waals surface area contributed by atoms with Crippen LogP contribution in [0.3, 0.4) is 0 Å². The SMILES string of the molecule is O=C(Nc1nccnn1)c1ccc(Br)c([N+](=O)[O-])c1. The van der Waals surface area contributed by atoms with Gasteiger partial charge in [-0.25, -0.2) is 4.98 Å². The van der Waals surface area contributed by atoms with Crippen molar-refractivity contribution in [3.05, 3.63) is 50.7 Å². The first-order valence-electron chi connectivity index (χ1n) is 4.97. The second-order valence-corrected chi connectivity index (χ2v) is 4.20. The topological polar surface area (TPSA) is 111 Å². The number of carbonyl (C=O) groups is 1. The molecule has 1 aromatic carbocycles. The quantitative estimate of drug-likeness (QED) is 0.681. The molecule has 0 saturated heterocycles. The second kappa shape index (κ2) is 5.48. The Morgan fingerprint density at radius 2 is 2.16 bits per heavy atom. The summed E-state index contributed by atoms with van der Waals surface area (Å²) in [5.74, 6) is -0.526. The third-order valence-corrected chi connectivity index (χ3v) is 2.78. The van der Waals surface area contributed by atoms with Crippen molar-refractivity contribution in [3.63, 3.8) is 0 Å². The molecule has 1 heterocycles. The molecule has 0 aliphatic heterocycles. The maximum Gasteiger partial charge on any atom is 0.284 e. The van der Waals surface area contributed by atoms with E-state index in [1.807, 2.05) is 0 Å². The molecule has 1 N–H and O–H groups in total. The molecular weight excluding hydrogens is 318 g/mol. The first kappa shape index (κ1) is 13.0. The molecule has 96 valence electrons. The number of nitro benzene ring substituents is 1. The Morgan fingerprint density at radius 1 is 1.37 bits per heavy atom. The van der Waals surface area contributed by atoms with Crippen LogP contribution in [-0.4, -0.2) is 26.0 Å². The molecule has 8 nitrogen and oxygen atoms in total. The van der Waals surface area contributed by atoms with E-state index in [4.69, 9.17) is 0 Å². The summed E-state index contributed by atoms with van der Waals surface area (Å²) in [5.41, 5.74) is -0.0675. The van der Waals surface area contributed by atoms with Gasteiger partial charge in [0, 0.05) is 11.6 Å². The van der Waals surface area contributed by atoms with Crippen LogP contribution in [0.5, 0.6) is 0 Å². The predicted octanol–water partition coefficient (Wildman–Crippen LogP) is 1.79. The van der Waals surface area contributed by atoms with Crippen LogP contribution in [0.1, 0.15) is 10.4 Å². The highest BCUT2D eigenvalue weighted by Gasteiger charge is 2.16. The van der Waals surface area contributed by atoms with Crippen molar-refractivity contribution in [2.24, 2.45) is 0 Å². The Kier molecular flexibility index (Phi) is 3.76. The van der Waals surface area contributed by atoms with Crippen molar-refractivity contribution in [2.75, 3.05) is 5.32 Å². The average Bonchev–Trinajstić information content (AvgIpc) is 2.40. The summed E-state index contributed by atoms with van der Waals surface area (Å²) < 4.78 is 0.298. The highest BCUT2D eigenvalue weighted by Crippen LogP contribution is 2.25. The Morgan fingerprint density at radius 3 is 2.79 bits per heavy atom. The summed E-state index contributed by atoms with van der Waals surface area (Å²) in [5, 5.41) is 20.3. The zero-order valence-electron chi connectivity index (χ0n) is 9.28. The fourth-order valence-corrected chi connectivity index (χ4v) is 1.66. The van der Waals surface area contributed by atoms with Crippen LogP contribution >= 0.6 is 15.9 Å². The fraction of sp³-hybridized carbons (Fsp3) is 0. The largest absolute Gasteiger partial charge is 0.289 e. The number of nitro groups is 1. The van der Waals surface area contributed by atoms with Crippen LogP contribution in [-0.2, 0) is 0 Å². The van der Waals surface area contributed by atoms with Crippen LogP contribution in [0.25, 0.3) is 0 Å². The number of aromatic nitrogens is 3. The average molecular weight is 324 g/mol. The molecule has 0 aliphatic rings. The fourth-order valence-electron chi connectivity index (χ4n) is 1.27. The number of amides is 1. The molecule has 0 unspecified atom stereocenters. The molecular formula is C10H6BrN5O3. The lowest BCUT2D eigenvalue weighted by atomic mass is 10.2. The molecule has 1 amide bonds. The number of benzene rings is 1. The van der Waals surface area contributed by atoms with E-state index in [2.05, 4.69) is 36.4 Å². The molecule has 0 aliphatic carbocycles. The lowest BCUT2D eigenvalue weighted by Gasteiger charge is -2.03. The first-order chi connectivity index (χ1) is 9.08. The summed E-state index contributed by atoms with van der Waals surface area (Å²) in [6, 6.07) is 4.04. The third-order valence-electron chi connectivity index (χ3n) is 2.11. The van der Waals surface area contributed by atoms with Gasteiger partial charge < -0.3 is 0 Å². The van der Waals surface area contributed by atoms with E-state index in [9.17, 15) is 14.9 Å². The van der Waals surface area contributed by atoms with Crippen molar-refractivity contribution in [1.82, 2.24) is 15.2 Å². The molecule has 0 saturated carbocycles. The molecule has 0 atom stereocenters. The Hall–Kier alpha value is -2.42.